The molecule has 0 aromatic rings. The highest BCUT2D eigenvalue weighted by atomic mass is 32.2. The van der Waals surface area contributed by atoms with Crippen molar-refractivity contribution >= 4 is 18.0 Å². The Labute approximate surface area is 95.1 Å². The predicted octanol–water partition coefficient (Wildman–Crippen LogP) is 1.91. The van der Waals surface area contributed by atoms with E-state index in [0.29, 0.717) is 0 Å². The Morgan fingerprint density at radius 2 is 2.25 bits per heavy atom. The van der Waals surface area contributed by atoms with E-state index < -0.39 is 12.3 Å². The van der Waals surface area contributed by atoms with Crippen molar-refractivity contribution in [1.82, 2.24) is 10.2 Å². The van der Waals surface area contributed by atoms with Crippen LogP contribution in [0.5, 0.6) is 0 Å². The molecule has 88 valence electrons. The summed E-state index contributed by atoms with van der Waals surface area (Å²) >= 11 is 1.53. The van der Waals surface area contributed by atoms with Gasteiger partial charge in [0.2, 0.25) is 6.17 Å². The van der Waals surface area contributed by atoms with E-state index in [2.05, 4.69) is 10.3 Å². The Morgan fingerprint density at radius 3 is 2.69 bits per heavy atom. The van der Waals surface area contributed by atoms with Crippen molar-refractivity contribution in [1.29, 1.82) is 0 Å². The van der Waals surface area contributed by atoms with Crippen molar-refractivity contribution in [2.24, 2.45) is 4.99 Å². The second-order valence-corrected chi connectivity index (χ2v) is 4.46. The molecule has 0 amide bonds. The first-order chi connectivity index (χ1) is 7.48. The highest BCUT2D eigenvalue weighted by Gasteiger charge is 2.40. The first-order valence-electron chi connectivity index (χ1n) is 4.58. The Hall–Kier alpha value is -1.11. The molecule has 2 rings (SSSR count). The van der Waals surface area contributed by atoms with E-state index in [1.54, 1.807) is 0 Å². The Kier molecular flexibility index (Phi) is 2.88. The van der Waals surface area contributed by atoms with Crippen LogP contribution in [-0.2, 0) is 0 Å². The molecule has 0 spiro atoms. The van der Waals surface area contributed by atoms with Crippen molar-refractivity contribution in [2.75, 3.05) is 7.05 Å². The van der Waals surface area contributed by atoms with Crippen LogP contribution in [0.15, 0.2) is 28.4 Å². The molecular weight excluding hydrogens is 239 g/mol. The molecule has 2 unspecified atom stereocenters. The zero-order chi connectivity index (χ0) is 11.8. The molecule has 0 fully saturated rings. The molecule has 1 N–H and O–H groups in total. The van der Waals surface area contributed by atoms with E-state index >= 15 is 0 Å². The minimum Gasteiger partial charge on any atom is -0.364 e. The van der Waals surface area contributed by atoms with Crippen LogP contribution in [0.25, 0.3) is 0 Å². The molecule has 0 aromatic carbocycles. The van der Waals surface area contributed by atoms with Crippen LogP contribution in [0.1, 0.15) is 0 Å². The number of aliphatic imine (C=N–C) groups is 1. The zero-order valence-electron chi connectivity index (χ0n) is 8.40. The van der Waals surface area contributed by atoms with Crippen molar-refractivity contribution in [3.63, 3.8) is 0 Å². The summed E-state index contributed by atoms with van der Waals surface area (Å²) in [5, 5.41) is 4.16. The number of likely N-dealkylation sites (N-methyl/N-ethyl adjacent to an activating group) is 1. The Morgan fingerprint density at radius 1 is 1.50 bits per heavy atom. The minimum absolute atomic E-state index is 0.00503. The van der Waals surface area contributed by atoms with Gasteiger partial charge in [0.15, 0.2) is 0 Å². The van der Waals surface area contributed by atoms with Gasteiger partial charge in [0.25, 0.3) is 0 Å². The van der Waals surface area contributed by atoms with E-state index in [9.17, 15) is 13.2 Å². The van der Waals surface area contributed by atoms with Crippen molar-refractivity contribution in [3.8, 4) is 0 Å². The van der Waals surface area contributed by atoms with Gasteiger partial charge in [-0.25, -0.2) is 0 Å². The fraction of sp³-hybridized carbons (Fsp3) is 0.444. The molecule has 0 saturated carbocycles. The molecule has 3 nitrogen and oxygen atoms in total. The lowest BCUT2D eigenvalue weighted by molar-refractivity contribution is -0.151. The third-order valence-electron chi connectivity index (χ3n) is 2.25. The number of hydrogen-bond donors (Lipinski definition) is 1. The molecule has 16 heavy (non-hydrogen) atoms. The van der Waals surface area contributed by atoms with E-state index in [1.165, 1.54) is 24.2 Å². The summed E-state index contributed by atoms with van der Waals surface area (Å²) < 4.78 is 36.9. The van der Waals surface area contributed by atoms with Crippen LogP contribution in [0.3, 0.4) is 0 Å². The lowest BCUT2D eigenvalue weighted by atomic mass is 10.2. The summed E-state index contributed by atoms with van der Waals surface area (Å²) in [5.74, 6) is 0. The lowest BCUT2D eigenvalue weighted by Gasteiger charge is -2.25. The van der Waals surface area contributed by atoms with Gasteiger partial charge in [-0.05, 0) is 5.41 Å². The standard InChI is InChI=1S/C9H10F3N3S/c1-15-2-3-16-7(15)6-4-13-8(14-5-6)9(10,11)12/h2-5,7-8,13H,1H3. The van der Waals surface area contributed by atoms with E-state index in [1.807, 2.05) is 23.6 Å². The molecule has 0 aliphatic carbocycles. The third kappa shape index (κ3) is 2.18. The first kappa shape index (κ1) is 11.4. The fourth-order valence-electron chi connectivity index (χ4n) is 1.42. The number of hydrogen-bond acceptors (Lipinski definition) is 4. The van der Waals surface area contributed by atoms with Gasteiger partial charge >= 0.3 is 6.18 Å². The van der Waals surface area contributed by atoms with Gasteiger partial charge in [-0.2, -0.15) is 13.2 Å². The fourth-order valence-corrected chi connectivity index (χ4v) is 2.38. The van der Waals surface area contributed by atoms with Gasteiger partial charge in [-0.3, -0.25) is 4.99 Å². The highest BCUT2D eigenvalue weighted by molar-refractivity contribution is 8.03. The van der Waals surface area contributed by atoms with Crippen LogP contribution in [0.4, 0.5) is 13.2 Å². The molecule has 0 aromatic heterocycles. The summed E-state index contributed by atoms with van der Waals surface area (Å²) in [4.78, 5) is 5.38. The monoisotopic (exact) mass is 249 g/mol. The van der Waals surface area contributed by atoms with Gasteiger partial charge in [-0.1, -0.05) is 0 Å². The number of alkyl halides is 3. The smallest absolute Gasteiger partial charge is 0.364 e. The average molecular weight is 249 g/mol. The summed E-state index contributed by atoms with van der Waals surface area (Å²) in [7, 11) is 1.87. The van der Waals surface area contributed by atoms with Crippen LogP contribution in [0, 0.1) is 0 Å². The topological polar surface area (TPSA) is 27.6 Å². The number of halogens is 3. The second-order valence-electron chi connectivity index (χ2n) is 3.47. The van der Waals surface area contributed by atoms with Gasteiger partial charge in [0, 0.05) is 31.2 Å². The molecule has 0 radical (unpaired) electrons. The Bertz CT molecular complexity index is 362. The second kappa shape index (κ2) is 4.04. The number of thioether (sulfide) groups is 1. The van der Waals surface area contributed by atoms with Gasteiger partial charge in [-0.15, -0.1) is 11.8 Å². The first-order valence-corrected chi connectivity index (χ1v) is 5.53. The molecule has 0 bridgehead atoms. The third-order valence-corrected chi connectivity index (χ3v) is 3.39. The van der Waals surface area contributed by atoms with Crippen molar-refractivity contribution in [3.05, 3.63) is 23.4 Å². The van der Waals surface area contributed by atoms with Gasteiger partial charge in [0.05, 0.1) is 0 Å². The Balaban J connectivity index is 2.03. The maximum atomic E-state index is 12.3. The summed E-state index contributed by atoms with van der Waals surface area (Å²) in [6, 6.07) is 0. The number of rotatable bonds is 1. The molecule has 2 heterocycles. The maximum absolute atomic E-state index is 12.3. The lowest BCUT2D eigenvalue weighted by Crippen LogP contribution is -2.41. The molecular formula is C9H10F3N3S. The highest BCUT2D eigenvalue weighted by Crippen LogP contribution is 2.30. The van der Waals surface area contributed by atoms with Crippen LogP contribution >= 0.6 is 11.8 Å². The molecule has 2 aliphatic rings. The summed E-state index contributed by atoms with van der Waals surface area (Å²) in [6.45, 7) is 0. The van der Waals surface area contributed by atoms with Gasteiger partial charge in [0.1, 0.15) is 5.37 Å². The minimum atomic E-state index is -4.34. The van der Waals surface area contributed by atoms with Crippen molar-refractivity contribution < 1.29 is 13.2 Å². The van der Waals surface area contributed by atoms with Crippen molar-refractivity contribution in [2.45, 2.75) is 17.7 Å². The van der Waals surface area contributed by atoms with Crippen LogP contribution < -0.4 is 5.32 Å². The van der Waals surface area contributed by atoms with Crippen LogP contribution in [-0.4, -0.2) is 35.9 Å². The SMILES string of the molecule is CN1C=CSC1C1=CNC(C(F)(F)F)N=C1. The predicted molar refractivity (Wildman–Crippen MR) is 57.8 cm³/mol. The molecule has 2 atom stereocenters. The number of nitrogens with zero attached hydrogens (tertiary/aromatic N) is 2. The number of nitrogens with one attached hydrogen (secondary N) is 1. The maximum Gasteiger partial charge on any atom is 0.429 e. The molecule has 2 aliphatic heterocycles. The molecule has 0 saturated heterocycles. The largest absolute Gasteiger partial charge is 0.429 e. The average Bonchev–Trinajstić information content (AvgIpc) is 2.63. The summed E-state index contributed by atoms with van der Waals surface area (Å²) in [6.07, 6.45) is -1.62. The quantitative estimate of drug-likeness (QED) is 0.769. The zero-order valence-corrected chi connectivity index (χ0v) is 9.22. The van der Waals surface area contributed by atoms with Gasteiger partial charge < -0.3 is 10.2 Å². The normalized spacial score (nSPS) is 29.2. The summed E-state index contributed by atoms with van der Waals surface area (Å²) in [5.41, 5.74) is 0.734. The molecule has 7 heteroatoms. The van der Waals surface area contributed by atoms with E-state index in [4.69, 9.17) is 0 Å². The van der Waals surface area contributed by atoms with Crippen LogP contribution in [0.2, 0.25) is 0 Å². The van der Waals surface area contributed by atoms with E-state index in [-0.39, 0.29) is 5.37 Å². The van der Waals surface area contributed by atoms with E-state index in [0.717, 1.165) is 5.57 Å².